The summed E-state index contributed by atoms with van der Waals surface area (Å²) in [6, 6.07) is 12.8. The van der Waals surface area contributed by atoms with Gasteiger partial charge in [0, 0.05) is 17.6 Å². The van der Waals surface area contributed by atoms with Gasteiger partial charge in [-0.25, -0.2) is 14.4 Å². The smallest absolute Gasteiger partial charge is 0.240 e. The molecule has 4 nitrogen and oxygen atoms in total. The molecule has 2 heterocycles. The van der Waals surface area contributed by atoms with Crippen LogP contribution in [0.3, 0.4) is 0 Å². The fourth-order valence-electron chi connectivity index (χ4n) is 6.53. The number of carbonyl (C=O) groups excluding carboxylic acids is 1. The zero-order chi connectivity index (χ0) is 21.5. The van der Waals surface area contributed by atoms with Crippen LogP contribution in [0.15, 0.2) is 42.5 Å². The molecule has 2 aliphatic carbocycles. The highest BCUT2D eigenvalue weighted by Gasteiger charge is 2.69. The third kappa shape index (κ3) is 2.27. The molecule has 0 radical (unpaired) electrons. The fraction of sp³-hybridized carbons (Fsp3) is 0.423. The summed E-state index contributed by atoms with van der Waals surface area (Å²) in [6.45, 7) is 6.51. The Hall–Kier alpha value is -2.82. The van der Waals surface area contributed by atoms with Crippen molar-refractivity contribution in [1.29, 1.82) is 0 Å². The highest BCUT2D eigenvalue weighted by atomic mass is 19.1. The van der Waals surface area contributed by atoms with E-state index in [0.29, 0.717) is 0 Å². The van der Waals surface area contributed by atoms with E-state index in [9.17, 15) is 9.18 Å². The Balaban J connectivity index is 1.57. The first-order valence-corrected chi connectivity index (χ1v) is 11.2. The molecule has 3 unspecified atom stereocenters. The van der Waals surface area contributed by atoms with Gasteiger partial charge in [0.15, 0.2) is 0 Å². The summed E-state index contributed by atoms with van der Waals surface area (Å²) >= 11 is 0. The molecule has 5 heteroatoms. The molecule has 1 saturated carbocycles. The lowest BCUT2D eigenvalue weighted by Crippen LogP contribution is -2.55. The summed E-state index contributed by atoms with van der Waals surface area (Å²) in [5.74, 6) is 0.0726. The normalized spacial score (nSPS) is 27.9. The van der Waals surface area contributed by atoms with Gasteiger partial charge in [-0.1, -0.05) is 26.0 Å². The van der Waals surface area contributed by atoms with Crippen LogP contribution in [0.4, 0.5) is 10.1 Å². The summed E-state index contributed by atoms with van der Waals surface area (Å²) in [7, 11) is 0. The van der Waals surface area contributed by atoms with Crippen LogP contribution in [0.25, 0.3) is 11.0 Å². The molecule has 2 aromatic carbocycles. The molecular formula is C26H26FN3O. The number of aromatic nitrogens is 2. The Morgan fingerprint density at radius 1 is 1.10 bits per heavy atom. The fourth-order valence-corrected chi connectivity index (χ4v) is 6.53. The van der Waals surface area contributed by atoms with Crippen molar-refractivity contribution >= 4 is 22.6 Å². The zero-order valence-electron chi connectivity index (χ0n) is 18.2. The number of nitrogens with zero attached hydrogens (tertiary/aromatic N) is 3. The highest BCUT2D eigenvalue weighted by Crippen LogP contribution is 2.68. The van der Waals surface area contributed by atoms with Gasteiger partial charge in [-0.2, -0.15) is 0 Å². The van der Waals surface area contributed by atoms with Gasteiger partial charge in [-0.05, 0) is 73.9 Å². The van der Waals surface area contributed by atoms with Gasteiger partial charge in [0.2, 0.25) is 5.91 Å². The van der Waals surface area contributed by atoms with Gasteiger partial charge in [0.1, 0.15) is 5.82 Å². The number of para-hydroxylation sites is 2. The third-order valence-corrected chi connectivity index (χ3v) is 8.27. The molecular weight excluding hydrogens is 389 g/mol. The van der Waals surface area contributed by atoms with Crippen molar-refractivity contribution < 1.29 is 9.18 Å². The summed E-state index contributed by atoms with van der Waals surface area (Å²) in [5, 5.41) is 0. The van der Waals surface area contributed by atoms with Crippen LogP contribution in [0.5, 0.6) is 0 Å². The SMILES string of the molecule is CC1CCc2cc(F)ccc2N1C(=O)C12CCC(c3nc4ccccc4nc31)C2(C)C. The first kappa shape index (κ1) is 18.9. The van der Waals surface area contributed by atoms with Crippen LogP contribution in [0.2, 0.25) is 0 Å². The maximum Gasteiger partial charge on any atom is 0.240 e. The van der Waals surface area contributed by atoms with Crippen molar-refractivity contribution in [2.45, 2.75) is 63.8 Å². The summed E-state index contributed by atoms with van der Waals surface area (Å²) in [4.78, 5) is 26.5. The van der Waals surface area contributed by atoms with Crippen LogP contribution < -0.4 is 4.90 Å². The van der Waals surface area contributed by atoms with Gasteiger partial charge < -0.3 is 4.90 Å². The number of fused-ring (bicyclic) bond motifs is 7. The minimum absolute atomic E-state index is 0.0622. The topological polar surface area (TPSA) is 46.1 Å². The van der Waals surface area contributed by atoms with E-state index < -0.39 is 5.41 Å². The standard InChI is InChI=1S/C26H26FN3O/c1-15-8-9-16-14-17(27)10-11-21(16)30(15)24(31)26-13-12-18(25(26,2)3)22-23(26)29-20-7-5-4-6-19(20)28-22/h4-7,10-11,14-15,18H,8-9,12-13H2,1-3H3. The lowest BCUT2D eigenvalue weighted by molar-refractivity contribution is -0.127. The molecule has 1 fully saturated rings. The van der Waals surface area contributed by atoms with E-state index >= 15 is 0 Å². The first-order valence-electron chi connectivity index (χ1n) is 11.2. The van der Waals surface area contributed by atoms with Crippen molar-refractivity contribution in [3.05, 3.63) is 65.2 Å². The van der Waals surface area contributed by atoms with Crippen LogP contribution in [0, 0.1) is 11.2 Å². The number of halogens is 1. The molecule has 1 aliphatic heterocycles. The predicted molar refractivity (Wildman–Crippen MR) is 119 cm³/mol. The molecule has 3 atom stereocenters. The van der Waals surface area contributed by atoms with Crippen LogP contribution in [0.1, 0.15) is 62.9 Å². The Labute approximate surface area is 181 Å². The monoisotopic (exact) mass is 415 g/mol. The molecule has 158 valence electrons. The van der Waals surface area contributed by atoms with Gasteiger partial charge in [0.25, 0.3) is 0 Å². The molecule has 6 rings (SSSR count). The van der Waals surface area contributed by atoms with Crippen LogP contribution in [-0.2, 0) is 16.6 Å². The van der Waals surface area contributed by atoms with Crippen molar-refractivity contribution in [2.24, 2.45) is 5.41 Å². The summed E-state index contributed by atoms with van der Waals surface area (Å²) < 4.78 is 13.9. The Bertz CT molecular complexity index is 1250. The lowest BCUT2D eigenvalue weighted by atomic mass is 9.67. The molecule has 3 aliphatic rings. The number of benzene rings is 2. The van der Waals surface area contributed by atoms with Crippen LogP contribution >= 0.6 is 0 Å². The van der Waals surface area contributed by atoms with E-state index in [1.165, 1.54) is 6.07 Å². The Kier molecular flexibility index (Phi) is 3.73. The van der Waals surface area contributed by atoms with E-state index in [1.54, 1.807) is 12.1 Å². The summed E-state index contributed by atoms with van der Waals surface area (Å²) in [5.41, 5.74) is 4.36. The maximum atomic E-state index is 14.5. The van der Waals surface area contributed by atoms with Crippen molar-refractivity contribution in [2.75, 3.05) is 4.90 Å². The average Bonchev–Trinajstić information content (AvgIpc) is 3.13. The molecule has 31 heavy (non-hydrogen) atoms. The molecule has 2 bridgehead atoms. The highest BCUT2D eigenvalue weighted by molar-refractivity contribution is 6.04. The number of anilines is 1. The summed E-state index contributed by atoms with van der Waals surface area (Å²) in [6.07, 6.45) is 3.34. The predicted octanol–water partition coefficient (Wildman–Crippen LogP) is 5.29. The number of amides is 1. The molecule has 1 aromatic heterocycles. The number of carbonyl (C=O) groups is 1. The molecule has 0 spiro atoms. The van der Waals surface area contributed by atoms with Crippen molar-refractivity contribution in [3.8, 4) is 0 Å². The first-order chi connectivity index (χ1) is 14.8. The second-order valence-electron chi connectivity index (χ2n) is 10.0. The van der Waals surface area contributed by atoms with Crippen LogP contribution in [-0.4, -0.2) is 21.9 Å². The number of hydrogen-bond acceptors (Lipinski definition) is 3. The van der Waals surface area contributed by atoms with E-state index in [4.69, 9.17) is 9.97 Å². The number of hydrogen-bond donors (Lipinski definition) is 0. The minimum atomic E-state index is -0.707. The second-order valence-corrected chi connectivity index (χ2v) is 10.0. The van der Waals surface area contributed by atoms with Gasteiger partial charge in [0.05, 0.1) is 27.8 Å². The second kappa shape index (κ2) is 6.12. The maximum absolute atomic E-state index is 14.5. The zero-order valence-corrected chi connectivity index (χ0v) is 18.2. The molecule has 1 amide bonds. The van der Waals surface area contributed by atoms with E-state index in [0.717, 1.165) is 59.4 Å². The van der Waals surface area contributed by atoms with Crippen molar-refractivity contribution in [3.63, 3.8) is 0 Å². The molecule has 0 N–H and O–H groups in total. The Morgan fingerprint density at radius 3 is 2.61 bits per heavy atom. The molecule has 0 saturated heterocycles. The lowest BCUT2D eigenvalue weighted by Gasteiger charge is -2.44. The van der Waals surface area contributed by atoms with E-state index in [2.05, 4.69) is 20.8 Å². The molecule has 3 aromatic rings. The quantitative estimate of drug-likeness (QED) is 0.542. The van der Waals surface area contributed by atoms with Gasteiger partial charge in [-0.15, -0.1) is 0 Å². The van der Waals surface area contributed by atoms with Gasteiger partial charge in [-0.3, -0.25) is 4.79 Å². The number of aryl methyl sites for hydroxylation is 1. The van der Waals surface area contributed by atoms with E-state index in [1.807, 2.05) is 29.2 Å². The Morgan fingerprint density at radius 2 is 1.84 bits per heavy atom. The average molecular weight is 416 g/mol. The minimum Gasteiger partial charge on any atom is -0.309 e. The largest absolute Gasteiger partial charge is 0.309 e. The third-order valence-electron chi connectivity index (χ3n) is 8.27. The van der Waals surface area contributed by atoms with E-state index in [-0.39, 0.29) is 29.1 Å². The van der Waals surface area contributed by atoms with Gasteiger partial charge >= 0.3 is 0 Å². The van der Waals surface area contributed by atoms with Crippen molar-refractivity contribution in [1.82, 2.24) is 9.97 Å². The number of rotatable bonds is 1.